The highest BCUT2D eigenvalue weighted by atomic mass is 32.1. The molecule has 0 radical (unpaired) electrons. The van der Waals surface area contributed by atoms with Gasteiger partial charge in [-0.2, -0.15) is 0 Å². The molecule has 17 aromatic carbocycles. The highest BCUT2D eigenvalue weighted by Crippen LogP contribution is 2.56. The topological polar surface area (TPSA) is 11.4 Å². The Bertz CT molecular complexity index is 6450. The second kappa shape index (κ2) is 25.2. The van der Waals surface area contributed by atoms with Crippen LogP contribution in [0.1, 0.15) is 0 Å². The predicted molar refractivity (Wildman–Crippen MR) is 464 cm³/mol. The lowest BCUT2D eigenvalue weighted by Crippen LogP contribution is -2.61. The number of nitrogens with zero attached hydrogens (tertiary/aromatic N) is 3. The number of hydrogen-bond acceptors (Lipinski definition) is 4. The lowest BCUT2D eigenvalue weighted by molar-refractivity contribution is 1.16. The fourth-order valence-electron chi connectivity index (χ4n) is 17.9. The van der Waals surface area contributed by atoms with Gasteiger partial charge in [0.15, 0.2) is 0 Å². The van der Waals surface area contributed by atoms with Gasteiger partial charge in [0.1, 0.15) is 0 Å². The van der Waals surface area contributed by atoms with Crippen molar-refractivity contribution in [1.82, 2.24) is 4.57 Å². The van der Waals surface area contributed by atoms with Gasteiger partial charge in [-0.1, -0.05) is 303 Å². The van der Waals surface area contributed by atoms with E-state index in [4.69, 9.17) is 0 Å². The summed E-state index contributed by atoms with van der Waals surface area (Å²) in [6, 6.07) is 146. The smallest absolute Gasteiger partial charge is 0.252 e. The molecule has 20 aromatic rings. The van der Waals surface area contributed by atoms with Crippen molar-refractivity contribution in [2.75, 3.05) is 9.80 Å². The van der Waals surface area contributed by atoms with Crippen LogP contribution in [0.4, 0.5) is 34.1 Å². The Balaban J connectivity index is 0.949. The van der Waals surface area contributed by atoms with Crippen LogP contribution in [-0.4, -0.2) is 11.3 Å². The summed E-state index contributed by atoms with van der Waals surface area (Å²) in [6.07, 6.45) is 0. The molecular formula is C102H64BN3S2. The number of thiophene rings is 2. The van der Waals surface area contributed by atoms with Gasteiger partial charge < -0.3 is 14.4 Å². The van der Waals surface area contributed by atoms with E-state index in [2.05, 4.69) is 403 Å². The summed E-state index contributed by atoms with van der Waals surface area (Å²) in [4.78, 5) is 5.43. The minimum atomic E-state index is -0.329. The second-order valence-corrected chi connectivity index (χ2v) is 30.7. The van der Waals surface area contributed by atoms with Crippen molar-refractivity contribution in [3.05, 3.63) is 388 Å². The molecule has 502 valence electrons. The molecule has 108 heavy (non-hydrogen) atoms. The number of benzene rings is 17. The minimum absolute atomic E-state index is 0.329. The van der Waals surface area contributed by atoms with E-state index in [-0.39, 0.29) is 6.71 Å². The Hall–Kier alpha value is -13.4. The first-order chi connectivity index (χ1) is 53.6. The summed E-state index contributed by atoms with van der Waals surface area (Å²) in [5.41, 5.74) is 31.9. The van der Waals surface area contributed by atoms with Crippen molar-refractivity contribution < 1.29 is 0 Å². The zero-order valence-corrected chi connectivity index (χ0v) is 60.3. The fraction of sp³-hybridized carbons (Fsp3) is 0. The zero-order valence-electron chi connectivity index (χ0n) is 58.7. The standard InChI is InChI=1S/C102H64BN3S2/c1-7-29-65(30-8-1)73-57-82(67-33-11-3-12-34-67)101(83(58-73)68-35-13-4-14-36-68)105-90-55-53-71(76-45-27-51-96-98(76)80-43-21-25-49-94(80)107-96)61-86(90)103-87-62-72(77-46-28-52-97-99(77)81-44-22-26-50-95(81)108-97)54-56-91(87)106(93-64-75(63-92(105)100(93)103)104-88-47-23-19-41-78(88)79-42-20-24-48-89(79)104)102-84(69-37-15-5-16-38-69)59-74(66-31-9-2-10-32-66)60-85(102)70-39-17-6-18-40-70/h1-64H. The summed E-state index contributed by atoms with van der Waals surface area (Å²) >= 11 is 3.75. The van der Waals surface area contributed by atoms with Gasteiger partial charge in [0.2, 0.25) is 0 Å². The Morgan fingerprint density at radius 2 is 0.537 bits per heavy atom. The van der Waals surface area contributed by atoms with E-state index in [0.717, 1.165) is 118 Å². The van der Waals surface area contributed by atoms with Gasteiger partial charge in [-0.3, -0.25) is 0 Å². The molecule has 2 aliphatic heterocycles. The summed E-state index contributed by atoms with van der Waals surface area (Å²) in [5, 5.41) is 7.52. The lowest BCUT2D eigenvalue weighted by Gasteiger charge is -2.46. The van der Waals surface area contributed by atoms with Crippen LogP contribution >= 0.6 is 22.7 Å². The predicted octanol–water partition coefficient (Wildman–Crippen LogP) is 26.9. The number of fused-ring (bicyclic) bond motifs is 13. The molecule has 0 amide bonds. The van der Waals surface area contributed by atoms with E-state index < -0.39 is 0 Å². The van der Waals surface area contributed by atoms with Gasteiger partial charge in [-0.15, -0.1) is 22.7 Å². The molecule has 0 unspecified atom stereocenters. The first-order valence-corrected chi connectivity index (χ1v) is 38.8. The Labute approximate surface area is 634 Å². The van der Waals surface area contributed by atoms with Crippen molar-refractivity contribution >= 4 is 142 Å². The summed E-state index contributed by atoms with van der Waals surface area (Å²) < 4.78 is 7.66. The second-order valence-electron chi connectivity index (χ2n) is 28.5. The number of hydrogen-bond donors (Lipinski definition) is 0. The molecule has 3 nitrogen and oxygen atoms in total. The van der Waals surface area contributed by atoms with E-state index in [9.17, 15) is 0 Å². The molecule has 0 spiro atoms. The van der Waals surface area contributed by atoms with Crippen molar-refractivity contribution in [2.24, 2.45) is 0 Å². The number of anilines is 6. The zero-order chi connectivity index (χ0) is 70.9. The van der Waals surface area contributed by atoms with Gasteiger partial charge in [0.05, 0.1) is 28.1 Å². The molecule has 0 atom stereocenters. The highest BCUT2D eigenvalue weighted by Gasteiger charge is 2.46. The first-order valence-electron chi connectivity index (χ1n) is 37.1. The maximum Gasteiger partial charge on any atom is 0.252 e. The molecule has 0 N–H and O–H groups in total. The SMILES string of the molecule is c1ccc(-c2cc(-c3ccccc3)c(N3c4ccc(-c5cccc6sc7ccccc7c56)cc4B4c5cc(-c6cccc7sc8ccccc8c67)ccc5N(c5c(-c6ccccc6)cc(-c6ccccc6)cc5-c5ccccc5)c5cc(-n6c7ccccc7c7ccccc76)cc3c54)c(-c3ccccc3)c2)cc1. The van der Waals surface area contributed by atoms with E-state index in [0.29, 0.717) is 0 Å². The quantitative estimate of drug-likeness (QED) is 0.120. The van der Waals surface area contributed by atoms with E-state index >= 15 is 0 Å². The van der Waals surface area contributed by atoms with E-state index in [1.807, 2.05) is 22.7 Å². The van der Waals surface area contributed by atoms with Crippen molar-refractivity contribution in [1.29, 1.82) is 0 Å². The Kier molecular flexibility index (Phi) is 14.5. The van der Waals surface area contributed by atoms with Gasteiger partial charge in [-0.25, -0.2) is 0 Å². The van der Waals surface area contributed by atoms with Crippen molar-refractivity contribution in [3.8, 4) is 94.7 Å². The van der Waals surface area contributed by atoms with Crippen LogP contribution in [0, 0.1) is 0 Å². The molecular weight excluding hydrogens is 1340 g/mol. The highest BCUT2D eigenvalue weighted by molar-refractivity contribution is 7.26. The monoisotopic (exact) mass is 1410 g/mol. The van der Waals surface area contributed by atoms with Crippen molar-refractivity contribution in [2.45, 2.75) is 0 Å². The summed E-state index contributed by atoms with van der Waals surface area (Å²) in [7, 11) is 0. The van der Waals surface area contributed by atoms with E-state index in [1.54, 1.807) is 0 Å². The average molecular weight is 1410 g/mol. The number of para-hydroxylation sites is 2. The molecule has 0 aliphatic carbocycles. The van der Waals surface area contributed by atoms with Crippen LogP contribution in [0.15, 0.2) is 388 Å². The van der Waals surface area contributed by atoms with E-state index in [1.165, 1.54) is 89.8 Å². The fourth-order valence-corrected chi connectivity index (χ4v) is 20.1. The summed E-state index contributed by atoms with van der Waals surface area (Å²) in [6.45, 7) is -0.329. The maximum absolute atomic E-state index is 2.71. The Morgan fingerprint density at radius 1 is 0.213 bits per heavy atom. The van der Waals surface area contributed by atoms with Crippen LogP contribution < -0.4 is 26.2 Å². The number of aromatic nitrogens is 1. The lowest BCUT2D eigenvalue weighted by atomic mass is 9.33. The molecule has 5 heterocycles. The largest absolute Gasteiger partial charge is 0.310 e. The van der Waals surface area contributed by atoms with Gasteiger partial charge in [0.25, 0.3) is 6.71 Å². The first kappa shape index (κ1) is 62.1. The van der Waals surface area contributed by atoms with Gasteiger partial charge >= 0.3 is 0 Å². The Morgan fingerprint density at radius 3 is 0.917 bits per heavy atom. The van der Waals surface area contributed by atoms with Crippen LogP contribution in [0.3, 0.4) is 0 Å². The van der Waals surface area contributed by atoms with Crippen LogP contribution in [-0.2, 0) is 0 Å². The third-order valence-corrected chi connectivity index (χ3v) is 24.8. The average Bonchev–Trinajstić information content (AvgIpc) is 0.804. The molecule has 0 saturated heterocycles. The van der Waals surface area contributed by atoms with Gasteiger partial charge in [-0.05, 0) is 168 Å². The molecule has 0 saturated carbocycles. The molecule has 22 rings (SSSR count). The van der Waals surface area contributed by atoms with Crippen molar-refractivity contribution in [3.63, 3.8) is 0 Å². The number of rotatable bonds is 11. The maximum atomic E-state index is 2.71. The summed E-state index contributed by atoms with van der Waals surface area (Å²) in [5.74, 6) is 0. The van der Waals surface area contributed by atoms with Crippen LogP contribution in [0.25, 0.3) is 157 Å². The molecule has 2 aliphatic rings. The minimum Gasteiger partial charge on any atom is -0.310 e. The molecule has 3 aromatic heterocycles. The molecule has 0 bridgehead atoms. The molecule has 0 fully saturated rings. The van der Waals surface area contributed by atoms with Crippen LogP contribution in [0.5, 0.6) is 0 Å². The van der Waals surface area contributed by atoms with Crippen LogP contribution in [0.2, 0.25) is 0 Å². The van der Waals surface area contributed by atoms with Gasteiger partial charge in [0, 0.05) is 96.1 Å². The molecule has 6 heteroatoms. The third kappa shape index (κ3) is 9.88. The normalized spacial score (nSPS) is 12.4. The third-order valence-electron chi connectivity index (χ3n) is 22.5.